The monoisotopic (exact) mass is 343 g/mol. The lowest BCUT2D eigenvalue weighted by atomic mass is 10.2. The average molecular weight is 344 g/mol. The summed E-state index contributed by atoms with van der Waals surface area (Å²) in [6.07, 6.45) is 3.61. The Balaban J connectivity index is 1.81. The van der Waals surface area contributed by atoms with Gasteiger partial charge in [0.1, 0.15) is 12.6 Å². The minimum absolute atomic E-state index is 0.139. The van der Waals surface area contributed by atoms with E-state index in [0.29, 0.717) is 10.6 Å². The van der Waals surface area contributed by atoms with Crippen LogP contribution in [-0.4, -0.2) is 24.5 Å². The minimum Gasteiger partial charge on any atom is -0.460 e. The molecule has 0 aliphatic rings. The first-order chi connectivity index (χ1) is 11.6. The van der Waals surface area contributed by atoms with Crippen LogP contribution in [0.15, 0.2) is 60.7 Å². The number of benzene rings is 2. The Morgan fingerprint density at radius 2 is 1.79 bits per heavy atom. The second-order valence-corrected chi connectivity index (χ2v) is 5.53. The van der Waals surface area contributed by atoms with Crippen LogP contribution in [0.4, 0.5) is 0 Å². The molecule has 4 nitrogen and oxygen atoms in total. The summed E-state index contributed by atoms with van der Waals surface area (Å²) in [5.41, 5.74) is 1.34. The third kappa shape index (κ3) is 5.25. The van der Waals surface area contributed by atoms with Gasteiger partial charge in [0, 0.05) is 0 Å². The van der Waals surface area contributed by atoms with Gasteiger partial charge in [0.25, 0.3) is 5.91 Å². The van der Waals surface area contributed by atoms with Gasteiger partial charge in [-0.25, -0.2) is 4.79 Å². The second kappa shape index (κ2) is 8.89. The molecule has 1 atom stereocenters. The third-order valence-corrected chi connectivity index (χ3v) is 3.58. The van der Waals surface area contributed by atoms with Crippen molar-refractivity contribution in [1.29, 1.82) is 0 Å². The molecule has 2 rings (SSSR count). The van der Waals surface area contributed by atoms with E-state index in [1.807, 2.05) is 36.4 Å². The standard InChI is InChI=1S/C19H18ClNO3/c1-14(21-18(22)16-11-5-6-12-17(16)20)19(23)24-13-7-10-15-8-3-2-4-9-15/h2-12,14H,13H2,1H3,(H,21,22)/b10-7+. The Bertz CT molecular complexity index is 728. The number of hydrogen-bond acceptors (Lipinski definition) is 3. The van der Waals surface area contributed by atoms with E-state index >= 15 is 0 Å². The fraction of sp³-hybridized carbons (Fsp3) is 0.158. The summed E-state index contributed by atoms with van der Waals surface area (Å²) in [6.45, 7) is 1.71. The summed E-state index contributed by atoms with van der Waals surface area (Å²) in [6, 6.07) is 15.6. The smallest absolute Gasteiger partial charge is 0.328 e. The van der Waals surface area contributed by atoms with E-state index in [1.165, 1.54) is 0 Å². The van der Waals surface area contributed by atoms with Gasteiger partial charge in [-0.3, -0.25) is 4.79 Å². The maximum absolute atomic E-state index is 12.1. The first-order valence-electron chi connectivity index (χ1n) is 7.51. The zero-order valence-corrected chi connectivity index (χ0v) is 14.0. The fourth-order valence-electron chi connectivity index (χ4n) is 1.98. The highest BCUT2D eigenvalue weighted by atomic mass is 35.5. The second-order valence-electron chi connectivity index (χ2n) is 5.12. The zero-order chi connectivity index (χ0) is 17.4. The molecule has 2 aromatic carbocycles. The Labute approximate surface area is 146 Å². The third-order valence-electron chi connectivity index (χ3n) is 3.25. The maximum Gasteiger partial charge on any atom is 0.328 e. The quantitative estimate of drug-likeness (QED) is 0.813. The topological polar surface area (TPSA) is 55.4 Å². The Hall–Kier alpha value is -2.59. The molecule has 0 saturated carbocycles. The number of rotatable bonds is 6. The molecule has 5 heteroatoms. The maximum atomic E-state index is 12.1. The van der Waals surface area contributed by atoms with E-state index in [0.717, 1.165) is 5.56 Å². The van der Waals surface area contributed by atoms with Crippen molar-refractivity contribution in [2.45, 2.75) is 13.0 Å². The Morgan fingerprint density at radius 3 is 2.50 bits per heavy atom. The van der Waals surface area contributed by atoms with E-state index < -0.39 is 17.9 Å². The van der Waals surface area contributed by atoms with Crippen LogP contribution in [0, 0.1) is 0 Å². The van der Waals surface area contributed by atoms with Gasteiger partial charge < -0.3 is 10.1 Å². The molecular formula is C19H18ClNO3. The lowest BCUT2D eigenvalue weighted by Gasteiger charge is -2.13. The molecule has 0 radical (unpaired) electrons. The van der Waals surface area contributed by atoms with E-state index in [4.69, 9.17) is 16.3 Å². The molecule has 0 spiro atoms. The predicted octanol–water partition coefficient (Wildman–Crippen LogP) is 3.71. The number of ether oxygens (including phenoxy) is 1. The highest BCUT2D eigenvalue weighted by Gasteiger charge is 2.18. The van der Waals surface area contributed by atoms with Crippen molar-refractivity contribution in [3.05, 3.63) is 76.8 Å². The molecule has 1 amide bonds. The lowest BCUT2D eigenvalue weighted by molar-refractivity contribution is -0.144. The van der Waals surface area contributed by atoms with Crippen LogP contribution in [0.25, 0.3) is 6.08 Å². The molecule has 0 bridgehead atoms. The minimum atomic E-state index is -0.765. The molecule has 0 saturated heterocycles. The molecule has 1 N–H and O–H groups in total. The number of carbonyl (C=O) groups excluding carboxylic acids is 2. The van der Waals surface area contributed by atoms with Crippen LogP contribution in [0.1, 0.15) is 22.8 Å². The summed E-state index contributed by atoms with van der Waals surface area (Å²) in [4.78, 5) is 24.0. The molecule has 0 heterocycles. The van der Waals surface area contributed by atoms with Crippen LogP contribution >= 0.6 is 11.6 Å². The molecule has 124 valence electrons. The van der Waals surface area contributed by atoms with Gasteiger partial charge in [-0.1, -0.05) is 60.1 Å². The van der Waals surface area contributed by atoms with Crippen LogP contribution < -0.4 is 5.32 Å². The molecule has 0 aliphatic heterocycles. The van der Waals surface area contributed by atoms with Gasteiger partial charge in [-0.15, -0.1) is 0 Å². The van der Waals surface area contributed by atoms with Gasteiger partial charge >= 0.3 is 5.97 Å². The number of carbonyl (C=O) groups is 2. The lowest BCUT2D eigenvalue weighted by Crippen LogP contribution is -2.39. The van der Waals surface area contributed by atoms with Crippen molar-refractivity contribution < 1.29 is 14.3 Å². The van der Waals surface area contributed by atoms with E-state index in [-0.39, 0.29) is 6.61 Å². The average Bonchev–Trinajstić information content (AvgIpc) is 2.59. The van der Waals surface area contributed by atoms with Gasteiger partial charge in [0.05, 0.1) is 10.6 Å². The Kier molecular flexibility index (Phi) is 6.58. The van der Waals surface area contributed by atoms with Gasteiger partial charge in [0.15, 0.2) is 0 Å². The van der Waals surface area contributed by atoms with Gasteiger partial charge in [-0.2, -0.15) is 0 Å². The predicted molar refractivity (Wildman–Crippen MR) is 94.8 cm³/mol. The van der Waals surface area contributed by atoms with Gasteiger partial charge in [-0.05, 0) is 30.7 Å². The first kappa shape index (κ1) is 17.8. The largest absolute Gasteiger partial charge is 0.460 e. The summed E-state index contributed by atoms with van der Waals surface area (Å²) in [5.74, 6) is -0.919. The molecule has 2 aromatic rings. The van der Waals surface area contributed by atoms with Crippen molar-refractivity contribution in [2.24, 2.45) is 0 Å². The number of hydrogen-bond donors (Lipinski definition) is 1. The fourth-order valence-corrected chi connectivity index (χ4v) is 2.20. The summed E-state index contributed by atoms with van der Waals surface area (Å²) in [5, 5.41) is 2.91. The van der Waals surface area contributed by atoms with Crippen molar-refractivity contribution in [2.75, 3.05) is 6.61 Å². The molecule has 0 aromatic heterocycles. The molecule has 24 heavy (non-hydrogen) atoms. The van der Waals surface area contributed by atoms with Crippen molar-refractivity contribution in [3.63, 3.8) is 0 Å². The molecule has 0 fully saturated rings. The number of halogens is 1. The van der Waals surface area contributed by atoms with Gasteiger partial charge in [0.2, 0.25) is 0 Å². The summed E-state index contributed by atoms with van der Waals surface area (Å²) < 4.78 is 5.12. The van der Waals surface area contributed by atoms with Crippen molar-refractivity contribution in [3.8, 4) is 0 Å². The molecule has 0 aliphatic carbocycles. The van der Waals surface area contributed by atoms with Crippen LogP contribution in [0.5, 0.6) is 0 Å². The van der Waals surface area contributed by atoms with Crippen LogP contribution in [0.3, 0.4) is 0 Å². The summed E-state index contributed by atoms with van der Waals surface area (Å²) in [7, 11) is 0. The molecular weight excluding hydrogens is 326 g/mol. The SMILES string of the molecule is CC(NC(=O)c1ccccc1Cl)C(=O)OC/C=C/c1ccccc1. The normalized spacial score (nSPS) is 11.9. The number of nitrogens with one attached hydrogen (secondary N) is 1. The molecule has 1 unspecified atom stereocenters. The summed E-state index contributed by atoms with van der Waals surface area (Å²) >= 11 is 5.96. The van der Waals surface area contributed by atoms with Crippen LogP contribution in [-0.2, 0) is 9.53 Å². The van der Waals surface area contributed by atoms with E-state index in [9.17, 15) is 9.59 Å². The highest BCUT2D eigenvalue weighted by Crippen LogP contribution is 2.14. The van der Waals surface area contributed by atoms with Crippen molar-refractivity contribution in [1.82, 2.24) is 5.32 Å². The number of esters is 1. The van der Waals surface area contributed by atoms with E-state index in [1.54, 1.807) is 37.3 Å². The van der Waals surface area contributed by atoms with E-state index in [2.05, 4.69) is 5.32 Å². The highest BCUT2D eigenvalue weighted by molar-refractivity contribution is 6.33. The van der Waals surface area contributed by atoms with Crippen molar-refractivity contribution >= 4 is 29.6 Å². The zero-order valence-electron chi connectivity index (χ0n) is 13.2. The van der Waals surface area contributed by atoms with Crippen LogP contribution in [0.2, 0.25) is 5.02 Å². The number of amides is 1. The Morgan fingerprint density at radius 1 is 1.12 bits per heavy atom. The first-order valence-corrected chi connectivity index (χ1v) is 7.89.